The van der Waals surface area contributed by atoms with Gasteiger partial charge in [0.25, 0.3) is 11.1 Å². The average Bonchev–Trinajstić information content (AvgIpc) is 3.36. The lowest BCUT2D eigenvalue weighted by Crippen LogP contribution is -1.99. The minimum atomic E-state index is 0.209. The molecule has 29 heavy (non-hydrogen) atoms. The van der Waals surface area contributed by atoms with Gasteiger partial charge in [-0.3, -0.25) is 0 Å². The van der Waals surface area contributed by atoms with Crippen molar-refractivity contribution in [3.8, 4) is 17.2 Å². The summed E-state index contributed by atoms with van der Waals surface area (Å²) in [4.78, 5) is 0. The number of halogens is 1. The molecule has 4 rings (SSSR count). The van der Waals surface area contributed by atoms with E-state index in [1.54, 1.807) is 12.1 Å². The first-order chi connectivity index (χ1) is 14.1. The molecule has 2 heterocycles. The molecule has 0 unspecified atom stereocenters. The molecule has 2 aromatic heterocycles. The number of rotatable bonds is 7. The molecule has 0 atom stereocenters. The molecule has 7 nitrogen and oxygen atoms in total. The maximum Gasteiger partial charge on any atom is 0.277 e. The van der Waals surface area contributed by atoms with Crippen LogP contribution in [0, 0.1) is 13.8 Å². The van der Waals surface area contributed by atoms with E-state index in [0.29, 0.717) is 33.7 Å². The Balaban J connectivity index is 1.33. The quantitative estimate of drug-likeness (QED) is 0.368. The van der Waals surface area contributed by atoms with Gasteiger partial charge in [-0.25, -0.2) is 0 Å². The van der Waals surface area contributed by atoms with Crippen LogP contribution >= 0.6 is 23.4 Å². The molecule has 0 aliphatic carbocycles. The van der Waals surface area contributed by atoms with Gasteiger partial charge >= 0.3 is 0 Å². The molecule has 0 amide bonds. The van der Waals surface area contributed by atoms with Crippen LogP contribution in [-0.2, 0) is 12.4 Å². The first kappa shape index (κ1) is 19.5. The van der Waals surface area contributed by atoms with Crippen molar-refractivity contribution >= 4 is 23.4 Å². The van der Waals surface area contributed by atoms with E-state index in [1.807, 2.05) is 44.2 Å². The van der Waals surface area contributed by atoms with Crippen LogP contribution in [0.1, 0.15) is 22.9 Å². The molecule has 0 fully saturated rings. The summed E-state index contributed by atoms with van der Waals surface area (Å²) in [6.07, 6.45) is 0. The number of aromatic nitrogens is 4. The summed E-state index contributed by atoms with van der Waals surface area (Å²) in [6.45, 7) is 4.21. The van der Waals surface area contributed by atoms with Gasteiger partial charge in [0.1, 0.15) is 5.75 Å². The lowest BCUT2D eigenvalue weighted by atomic mass is 10.1. The first-order valence-electron chi connectivity index (χ1n) is 8.81. The highest BCUT2D eigenvalue weighted by molar-refractivity contribution is 7.98. The van der Waals surface area contributed by atoms with E-state index in [2.05, 4.69) is 20.4 Å². The Morgan fingerprint density at radius 2 is 1.62 bits per heavy atom. The highest BCUT2D eigenvalue weighted by atomic mass is 35.5. The number of nitrogens with zero attached hydrogens (tertiary/aromatic N) is 4. The number of benzene rings is 2. The largest absolute Gasteiger partial charge is 0.483 e. The monoisotopic (exact) mass is 428 g/mol. The fourth-order valence-electron chi connectivity index (χ4n) is 2.66. The minimum Gasteiger partial charge on any atom is -0.483 e. The molecular weight excluding hydrogens is 412 g/mol. The molecule has 0 saturated heterocycles. The third-order valence-electron chi connectivity index (χ3n) is 4.07. The number of ether oxygens (including phenoxy) is 1. The van der Waals surface area contributed by atoms with Crippen molar-refractivity contribution in [2.75, 3.05) is 0 Å². The Kier molecular flexibility index (Phi) is 5.82. The van der Waals surface area contributed by atoms with Crippen molar-refractivity contribution in [2.24, 2.45) is 0 Å². The van der Waals surface area contributed by atoms with Crippen LogP contribution in [0.4, 0.5) is 0 Å². The van der Waals surface area contributed by atoms with Crippen molar-refractivity contribution in [1.29, 1.82) is 0 Å². The second kappa shape index (κ2) is 8.67. The Bertz CT molecular complexity index is 1090. The van der Waals surface area contributed by atoms with Gasteiger partial charge in [0.05, 0.1) is 5.75 Å². The number of thioether (sulfide) groups is 1. The van der Waals surface area contributed by atoms with Crippen LogP contribution in [-0.4, -0.2) is 20.4 Å². The Hall–Kier alpha value is -2.84. The molecule has 0 radical (unpaired) electrons. The molecule has 0 bridgehead atoms. The number of para-hydroxylation sites is 1. The maximum absolute atomic E-state index is 5.89. The van der Waals surface area contributed by atoms with Gasteiger partial charge in [-0.1, -0.05) is 41.6 Å². The minimum absolute atomic E-state index is 0.209. The van der Waals surface area contributed by atoms with E-state index >= 15 is 0 Å². The summed E-state index contributed by atoms with van der Waals surface area (Å²) in [6, 6.07) is 13.2. The molecule has 2 aromatic carbocycles. The summed E-state index contributed by atoms with van der Waals surface area (Å²) in [5.41, 5.74) is 2.93. The van der Waals surface area contributed by atoms with Gasteiger partial charge in [-0.05, 0) is 49.2 Å². The first-order valence-corrected chi connectivity index (χ1v) is 10.2. The predicted molar refractivity (Wildman–Crippen MR) is 109 cm³/mol. The van der Waals surface area contributed by atoms with Crippen LogP contribution < -0.4 is 4.74 Å². The van der Waals surface area contributed by atoms with Crippen LogP contribution in [0.25, 0.3) is 11.5 Å². The van der Waals surface area contributed by atoms with Crippen LogP contribution in [0.5, 0.6) is 5.75 Å². The summed E-state index contributed by atoms with van der Waals surface area (Å²) < 4.78 is 17.1. The summed E-state index contributed by atoms with van der Waals surface area (Å²) in [5, 5.41) is 17.2. The Morgan fingerprint density at radius 1 is 0.897 bits per heavy atom. The second-order valence-corrected chi connectivity index (χ2v) is 7.63. The van der Waals surface area contributed by atoms with Crippen molar-refractivity contribution in [1.82, 2.24) is 20.4 Å². The third-order valence-corrected chi connectivity index (χ3v) is 5.13. The fourth-order valence-corrected chi connectivity index (χ4v) is 3.40. The molecule has 0 saturated carbocycles. The molecule has 0 aliphatic heterocycles. The molecule has 148 valence electrons. The van der Waals surface area contributed by atoms with Gasteiger partial charge < -0.3 is 13.6 Å². The third kappa shape index (κ3) is 4.78. The van der Waals surface area contributed by atoms with Crippen LogP contribution in [0.3, 0.4) is 0 Å². The van der Waals surface area contributed by atoms with Crippen LogP contribution in [0.2, 0.25) is 5.02 Å². The molecule has 0 aliphatic rings. The zero-order chi connectivity index (χ0) is 20.2. The van der Waals surface area contributed by atoms with Crippen molar-refractivity contribution in [3.63, 3.8) is 0 Å². The summed E-state index contributed by atoms with van der Waals surface area (Å²) in [7, 11) is 0. The fraction of sp³-hybridized carbons (Fsp3) is 0.200. The topological polar surface area (TPSA) is 87.1 Å². The van der Waals surface area contributed by atoms with Gasteiger partial charge in [0.15, 0.2) is 6.61 Å². The summed E-state index contributed by atoms with van der Waals surface area (Å²) in [5.74, 6) is 2.56. The second-order valence-electron chi connectivity index (χ2n) is 6.27. The van der Waals surface area contributed by atoms with Gasteiger partial charge in [0, 0.05) is 10.6 Å². The number of aryl methyl sites for hydroxylation is 2. The highest BCUT2D eigenvalue weighted by Crippen LogP contribution is 2.26. The number of hydrogen-bond donors (Lipinski definition) is 0. The molecule has 9 heteroatoms. The normalized spacial score (nSPS) is 11.0. The maximum atomic E-state index is 5.89. The van der Waals surface area contributed by atoms with Crippen molar-refractivity contribution < 1.29 is 13.6 Å². The lowest BCUT2D eigenvalue weighted by molar-refractivity contribution is 0.249. The van der Waals surface area contributed by atoms with E-state index in [1.165, 1.54) is 11.8 Å². The average molecular weight is 429 g/mol. The Labute approximate surface area is 176 Å². The van der Waals surface area contributed by atoms with E-state index < -0.39 is 0 Å². The molecule has 0 spiro atoms. The van der Waals surface area contributed by atoms with E-state index in [9.17, 15) is 0 Å². The summed E-state index contributed by atoms with van der Waals surface area (Å²) >= 11 is 7.21. The van der Waals surface area contributed by atoms with E-state index in [-0.39, 0.29) is 6.61 Å². The smallest absolute Gasteiger partial charge is 0.277 e. The van der Waals surface area contributed by atoms with Gasteiger partial charge in [-0.2, -0.15) is 0 Å². The van der Waals surface area contributed by atoms with Crippen molar-refractivity contribution in [2.45, 2.75) is 31.4 Å². The number of hydrogen-bond acceptors (Lipinski definition) is 8. The highest BCUT2D eigenvalue weighted by Gasteiger charge is 2.13. The SMILES string of the molecule is Cc1cccc(C)c1OCc1nnc(SCc2nnc(-c3ccc(Cl)cc3)o2)o1. The zero-order valence-corrected chi connectivity index (χ0v) is 17.3. The van der Waals surface area contributed by atoms with Gasteiger partial charge in [-0.15, -0.1) is 20.4 Å². The molecule has 0 N–H and O–H groups in total. The molecule has 4 aromatic rings. The Morgan fingerprint density at radius 3 is 2.38 bits per heavy atom. The van der Waals surface area contributed by atoms with Crippen LogP contribution in [0.15, 0.2) is 56.5 Å². The predicted octanol–water partition coefficient (Wildman–Crippen LogP) is 5.26. The van der Waals surface area contributed by atoms with E-state index in [4.69, 9.17) is 25.2 Å². The zero-order valence-electron chi connectivity index (χ0n) is 15.8. The molecular formula is C20H17ClN4O3S. The van der Waals surface area contributed by atoms with Gasteiger partial charge in [0.2, 0.25) is 11.8 Å². The lowest BCUT2D eigenvalue weighted by Gasteiger charge is -2.09. The standard InChI is InChI=1S/C20H17ClN4O3S/c1-12-4-3-5-13(2)18(12)26-10-16-22-25-20(28-16)29-11-17-23-24-19(27-17)14-6-8-15(21)9-7-14/h3-9H,10-11H2,1-2H3. The van der Waals surface area contributed by atoms with E-state index in [0.717, 1.165) is 22.4 Å². The van der Waals surface area contributed by atoms with Crippen molar-refractivity contribution in [3.05, 3.63) is 70.4 Å².